The summed E-state index contributed by atoms with van der Waals surface area (Å²) < 4.78 is 24.2. The molecule has 4 rings (SSSR count). The molecule has 5 heteroatoms. The Morgan fingerprint density at radius 2 is 1.96 bits per heavy atom. The number of rotatable bonds is 4. The number of fused-ring (bicyclic) bond motifs is 1. The molecule has 124 valence electrons. The lowest BCUT2D eigenvalue weighted by molar-refractivity contribution is -0.130. The Bertz CT molecular complexity index is 786. The summed E-state index contributed by atoms with van der Waals surface area (Å²) >= 11 is 0. The Kier molecular flexibility index (Phi) is 3.63. The summed E-state index contributed by atoms with van der Waals surface area (Å²) in [6, 6.07) is 12.0. The summed E-state index contributed by atoms with van der Waals surface area (Å²) in [5, 5.41) is 2.99. The van der Waals surface area contributed by atoms with Crippen LogP contribution in [0.5, 0.6) is 11.5 Å². The van der Waals surface area contributed by atoms with Crippen LogP contribution in [-0.4, -0.2) is 12.7 Å². The van der Waals surface area contributed by atoms with Crippen molar-refractivity contribution < 1.29 is 18.7 Å². The van der Waals surface area contributed by atoms with Crippen LogP contribution in [0, 0.1) is 5.82 Å². The quantitative estimate of drug-likeness (QED) is 0.937. The summed E-state index contributed by atoms with van der Waals surface area (Å²) in [4.78, 5) is 12.8. The second-order valence-electron chi connectivity index (χ2n) is 6.32. The van der Waals surface area contributed by atoms with Gasteiger partial charge in [-0.3, -0.25) is 4.79 Å². The van der Waals surface area contributed by atoms with Crippen LogP contribution in [0.4, 0.5) is 4.39 Å². The van der Waals surface area contributed by atoms with E-state index in [0.29, 0.717) is 12.3 Å². The van der Waals surface area contributed by atoms with Gasteiger partial charge in [-0.05, 0) is 48.2 Å². The second kappa shape index (κ2) is 5.82. The molecule has 0 spiro atoms. The van der Waals surface area contributed by atoms with Gasteiger partial charge in [-0.25, -0.2) is 4.39 Å². The number of halogens is 1. The van der Waals surface area contributed by atoms with Crippen LogP contribution in [0.1, 0.15) is 30.4 Å². The molecular formula is C19H18FNO3. The van der Waals surface area contributed by atoms with Crippen molar-refractivity contribution in [2.75, 3.05) is 6.79 Å². The number of carbonyl (C=O) groups is 1. The van der Waals surface area contributed by atoms with E-state index in [1.54, 1.807) is 6.07 Å². The van der Waals surface area contributed by atoms with E-state index in [0.717, 1.165) is 36.1 Å². The van der Waals surface area contributed by atoms with E-state index in [1.165, 1.54) is 12.1 Å². The third kappa shape index (κ3) is 2.50. The standard InChI is InChI=1S/C19H18FNO3/c20-15-4-1-3-14(10-15)19(7-2-8-19)18(22)21-11-13-5-6-16-17(9-13)24-12-23-16/h1,3-6,9-10H,2,7-8,11-12H2,(H,21,22). The van der Waals surface area contributed by atoms with Crippen LogP contribution in [-0.2, 0) is 16.8 Å². The van der Waals surface area contributed by atoms with Crippen LogP contribution < -0.4 is 14.8 Å². The number of carbonyl (C=O) groups excluding carboxylic acids is 1. The summed E-state index contributed by atoms with van der Waals surface area (Å²) in [6.07, 6.45) is 2.49. The van der Waals surface area contributed by atoms with E-state index in [2.05, 4.69) is 5.32 Å². The van der Waals surface area contributed by atoms with Gasteiger partial charge in [0, 0.05) is 6.54 Å². The van der Waals surface area contributed by atoms with Crippen molar-refractivity contribution in [2.45, 2.75) is 31.2 Å². The minimum Gasteiger partial charge on any atom is -0.454 e. The van der Waals surface area contributed by atoms with Gasteiger partial charge < -0.3 is 14.8 Å². The highest BCUT2D eigenvalue weighted by atomic mass is 19.1. The molecule has 1 amide bonds. The van der Waals surface area contributed by atoms with Crippen molar-refractivity contribution in [3.63, 3.8) is 0 Å². The maximum Gasteiger partial charge on any atom is 0.231 e. The number of nitrogens with one attached hydrogen (secondary N) is 1. The fourth-order valence-electron chi connectivity index (χ4n) is 3.37. The average molecular weight is 327 g/mol. The molecular weight excluding hydrogens is 309 g/mol. The topological polar surface area (TPSA) is 47.6 Å². The molecule has 0 atom stereocenters. The third-order valence-corrected chi connectivity index (χ3v) is 4.91. The second-order valence-corrected chi connectivity index (χ2v) is 6.32. The molecule has 2 aromatic carbocycles. The van der Waals surface area contributed by atoms with Crippen LogP contribution >= 0.6 is 0 Å². The van der Waals surface area contributed by atoms with Gasteiger partial charge in [0.15, 0.2) is 11.5 Å². The molecule has 2 aromatic rings. The van der Waals surface area contributed by atoms with Gasteiger partial charge in [0.1, 0.15) is 5.82 Å². The van der Waals surface area contributed by atoms with Gasteiger partial charge in [0.2, 0.25) is 12.7 Å². The van der Waals surface area contributed by atoms with E-state index in [1.807, 2.05) is 24.3 Å². The normalized spacial score (nSPS) is 17.2. The number of ether oxygens (including phenoxy) is 2. The molecule has 1 saturated carbocycles. The maximum absolute atomic E-state index is 13.5. The van der Waals surface area contributed by atoms with Crippen LogP contribution in [0.15, 0.2) is 42.5 Å². The third-order valence-electron chi connectivity index (χ3n) is 4.91. The Balaban J connectivity index is 1.49. The van der Waals surface area contributed by atoms with Crippen molar-refractivity contribution in [3.8, 4) is 11.5 Å². The first-order valence-electron chi connectivity index (χ1n) is 8.10. The number of hydrogen-bond donors (Lipinski definition) is 1. The van der Waals surface area contributed by atoms with Gasteiger partial charge in [-0.15, -0.1) is 0 Å². The molecule has 2 aliphatic rings. The number of benzene rings is 2. The van der Waals surface area contributed by atoms with Gasteiger partial charge >= 0.3 is 0 Å². The number of amides is 1. The molecule has 0 saturated heterocycles. The van der Waals surface area contributed by atoms with Gasteiger partial charge in [0.05, 0.1) is 5.41 Å². The SMILES string of the molecule is O=C(NCc1ccc2c(c1)OCO2)C1(c2cccc(F)c2)CCC1. The monoisotopic (exact) mass is 327 g/mol. The predicted molar refractivity (Wildman–Crippen MR) is 86.3 cm³/mol. The summed E-state index contributed by atoms with van der Waals surface area (Å²) in [5.41, 5.74) is 1.11. The van der Waals surface area contributed by atoms with Gasteiger partial charge in [-0.2, -0.15) is 0 Å². The summed E-state index contributed by atoms with van der Waals surface area (Å²) in [7, 11) is 0. The van der Waals surface area contributed by atoms with Crippen molar-refractivity contribution in [2.24, 2.45) is 0 Å². The highest BCUT2D eigenvalue weighted by Gasteiger charge is 2.45. The van der Waals surface area contributed by atoms with Crippen LogP contribution in [0.25, 0.3) is 0 Å². The first-order valence-corrected chi connectivity index (χ1v) is 8.10. The van der Waals surface area contributed by atoms with E-state index >= 15 is 0 Å². The molecule has 0 bridgehead atoms. The molecule has 1 heterocycles. The summed E-state index contributed by atoms with van der Waals surface area (Å²) in [5.74, 6) is 1.07. The van der Waals surface area contributed by atoms with Crippen LogP contribution in [0.3, 0.4) is 0 Å². The van der Waals surface area contributed by atoms with Crippen molar-refractivity contribution >= 4 is 5.91 Å². The molecule has 0 unspecified atom stereocenters. The predicted octanol–water partition coefficient (Wildman–Crippen LogP) is 3.29. The van der Waals surface area contributed by atoms with E-state index in [4.69, 9.17) is 9.47 Å². The highest BCUT2D eigenvalue weighted by molar-refractivity contribution is 5.89. The fraction of sp³-hybridized carbons (Fsp3) is 0.316. The maximum atomic E-state index is 13.5. The first-order chi connectivity index (χ1) is 11.7. The summed E-state index contributed by atoms with van der Waals surface area (Å²) in [6.45, 7) is 0.639. The molecule has 1 fully saturated rings. The molecule has 24 heavy (non-hydrogen) atoms. The molecule has 0 aromatic heterocycles. The van der Waals surface area contributed by atoms with Crippen LogP contribution in [0.2, 0.25) is 0 Å². The lowest BCUT2D eigenvalue weighted by Gasteiger charge is -2.40. The fourth-order valence-corrected chi connectivity index (χ4v) is 3.37. The minimum absolute atomic E-state index is 0.0444. The van der Waals surface area contributed by atoms with E-state index < -0.39 is 5.41 Å². The van der Waals surface area contributed by atoms with E-state index in [9.17, 15) is 9.18 Å². The average Bonchev–Trinajstić information content (AvgIpc) is 2.99. The molecule has 1 N–H and O–H groups in total. The highest BCUT2D eigenvalue weighted by Crippen LogP contribution is 2.44. The first kappa shape index (κ1) is 15.0. The Morgan fingerprint density at radius 1 is 1.12 bits per heavy atom. The van der Waals surface area contributed by atoms with Gasteiger partial charge in [0.25, 0.3) is 0 Å². The molecule has 1 aliphatic heterocycles. The lowest BCUT2D eigenvalue weighted by atomic mass is 9.64. The Morgan fingerprint density at radius 3 is 2.71 bits per heavy atom. The zero-order chi connectivity index (χ0) is 16.6. The zero-order valence-electron chi connectivity index (χ0n) is 13.2. The molecule has 4 nitrogen and oxygen atoms in total. The Hall–Kier alpha value is -2.56. The lowest BCUT2D eigenvalue weighted by Crippen LogP contribution is -2.49. The van der Waals surface area contributed by atoms with Gasteiger partial charge in [-0.1, -0.05) is 24.6 Å². The van der Waals surface area contributed by atoms with Crippen molar-refractivity contribution in [3.05, 3.63) is 59.4 Å². The molecule has 1 aliphatic carbocycles. The molecule has 0 radical (unpaired) electrons. The Labute approximate surface area is 139 Å². The zero-order valence-corrected chi connectivity index (χ0v) is 13.2. The van der Waals surface area contributed by atoms with Crippen molar-refractivity contribution in [1.29, 1.82) is 0 Å². The smallest absolute Gasteiger partial charge is 0.231 e. The van der Waals surface area contributed by atoms with E-state index in [-0.39, 0.29) is 18.5 Å². The largest absolute Gasteiger partial charge is 0.454 e. The minimum atomic E-state index is -0.599. The van der Waals surface area contributed by atoms with Crippen molar-refractivity contribution in [1.82, 2.24) is 5.32 Å². The number of hydrogen-bond acceptors (Lipinski definition) is 3.